The van der Waals surface area contributed by atoms with Crippen molar-refractivity contribution in [3.8, 4) is 0 Å². The second-order valence-corrected chi connectivity index (χ2v) is 6.12. The van der Waals surface area contributed by atoms with Crippen LogP contribution in [0.4, 0.5) is 0 Å². The Bertz CT molecular complexity index is 671. The van der Waals surface area contributed by atoms with Crippen molar-refractivity contribution in [3.05, 3.63) is 29.6 Å². The molecule has 1 heterocycles. The van der Waals surface area contributed by atoms with Crippen LogP contribution < -0.4 is 5.32 Å². The monoisotopic (exact) mass is 289 g/mol. The summed E-state index contributed by atoms with van der Waals surface area (Å²) in [7, 11) is 1.95. The van der Waals surface area contributed by atoms with E-state index in [1.165, 1.54) is 0 Å². The van der Waals surface area contributed by atoms with Crippen LogP contribution in [0.15, 0.2) is 18.2 Å². The largest absolute Gasteiger partial charge is 0.388 e. The van der Waals surface area contributed by atoms with Gasteiger partial charge in [-0.05, 0) is 38.0 Å². The molecule has 0 spiro atoms. The van der Waals surface area contributed by atoms with Crippen molar-refractivity contribution < 1.29 is 9.90 Å². The molecule has 5 heteroatoms. The van der Waals surface area contributed by atoms with Gasteiger partial charge in [0.25, 0.3) is 5.91 Å². The first-order chi connectivity index (χ1) is 9.72. The number of aromatic nitrogens is 2. The molecule has 1 unspecified atom stereocenters. The minimum Gasteiger partial charge on any atom is -0.388 e. The molecule has 114 valence electrons. The summed E-state index contributed by atoms with van der Waals surface area (Å²) in [6, 6.07) is 5.45. The standard InChI is InChI=1S/C16H23N3O2/c1-10(2)16(4,21)9-17-15(20)12-6-7-14-13(8-12)18-11(3)19(14)5/h6-8,10,21H,9H2,1-5H3,(H,17,20). The van der Waals surface area contributed by atoms with Gasteiger partial charge in [0, 0.05) is 19.2 Å². The second-order valence-electron chi connectivity index (χ2n) is 6.12. The van der Waals surface area contributed by atoms with Crippen LogP contribution in [0.1, 0.15) is 37.0 Å². The highest BCUT2D eigenvalue weighted by Gasteiger charge is 2.25. The zero-order chi connectivity index (χ0) is 15.8. The van der Waals surface area contributed by atoms with Gasteiger partial charge in [-0.25, -0.2) is 4.98 Å². The summed E-state index contributed by atoms with van der Waals surface area (Å²) in [6.07, 6.45) is 0. The van der Waals surface area contributed by atoms with Crippen molar-refractivity contribution in [2.45, 2.75) is 33.3 Å². The summed E-state index contributed by atoms with van der Waals surface area (Å²) in [6.45, 7) is 7.73. The van der Waals surface area contributed by atoms with Crippen molar-refractivity contribution in [1.82, 2.24) is 14.9 Å². The first-order valence-electron chi connectivity index (χ1n) is 7.16. The SMILES string of the molecule is Cc1nc2cc(C(=O)NCC(C)(O)C(C)C)ccc2n1C. The summed E-state index contributed by atoms with van der Waals surface area (Å²) < 4.78 is 1.99. The Labute approximate surface area is 125 Å². The molecular formula is C16H23N3O2. The van der Waals surface area contributed by atoms with E-state index in [4.69, 9.17) is 0 Å². The van der Waals surface area contributed by atoms with Gasteiger partial charge in [-0.1, -0.05) is 13.8 Å². The van der Waals surface area contributed by atoms with Gasteiger partial charge in [-0.15, -0.1) is 0 Å². The molecule has 5 nitrogen and oxygen atoms in total. The van der Waals surface area contributed by atoms with Gasteiger partial charge in [-0.2, -0.15) is 0 Å². The normalized spacial score (nSPS) is 14.4. The summed E-state index contributed by atoms with van der Waals surface area (Å²) in [4.78, 5) is 16.6. The molecule has 1 atom stereocenters. The fourth-order valence-corrected chi connectivity index (χ4v) is 2.03. The third-order valence-corrected chi connectivity index (χ3v) is 4.22. The molecule has 0 saturated heterocycles. The Balaban J connectivity index is 2.17. The number of rotatable bonds is 4. The minimum atomic E-state index is -0.915. The van der Waals surface area contributed by atoms with Crippen LogP contribution in [0, 0.1) is 12.8 Å². The number of aryl methyl sites for hydroxylation is 2. The Kier molecular flexibility index (Phi) is 4.05. The van der Waals surface area contributed by atoms with Crippen molar-refractivity contribution in [3.63, 3.8) is 0 Å². The Hall–Kier alpha value is -1.88. The molecule has 0 aliphatic heterocycles. The first-order valence-corrected chi connectivity index (χ1v) is 7.16. The molecule has 21 heavy (non-hydrogen) atoms. The van der Waals surface area contributed by atoms with Crippen LogP contribution in [0.5, 0.6) is 0 Å². The molecule has 2 rings (SSSR count). The fourth-order valence-electron chi connectivity index (χ4n) is 2.03. The maximum absolute atomic E-state index is 12.2. The molecule has 0 saturated carbocycles. The first kappa shape index (κ1) is 15.5. The number of carbonyl (C=O) groups is 1. The molecule has 2 aromatic rings. The molecule has 1 aromatic heterocycles. The summed E-state index contributed by atoms with van der Waals surface area (Å²) >= 11 is 0. The van der Waals surface area contributed by atoms with Crippen LogP contribution in [0.3, 0.4) is 0 Å². The molecule has 1 amide bonds. The Morgan fingerprint density at radius 1 is 1.48 bits per heavy atom. The van der Waals surface area contributed by atoms with Crippen molar-refractivity contribution in [1.29, 1.82) is 0 Å². The maximum atomic E-state index is 12.2. The lowest BCUT2D eigenvalue weighted by Gasteiger charge is -2.27. The van der Waals surface area contributed by atoms with E-state index in [-0.39, 0.29) is 18.4 Å². The van der Waals surface area contributed by atoms with E-state index < -0.39 is 5.60 Å². The third-order valence-electron chi connectivity index (χ3n) is 4.22. The number of nitrogens with one attached hydrogen (secondary N) is 1. The molecule has 0 radical (unpaired) electrons. The maximum Gasteiger partial charge on any atom is 0.251 e. The number of fused-ring (bicyclic) bond motifs is 1. The van der Waals surface area contributed by atoms with E-state index in [2.05, 4.69) is 10.3 Å². The van der Waals surface area contributed by atoms with Gasteiger partial charge >= 0.3 is 0 Å². The lowest BCUT2D eigenvalue weighted by Crippen LogP contribution is -2.44. The highest BCUT2D eigenvalue weighted by molar-refractivity contribution is 5.97. The van der Waals surface area contributed by atoms with Gasteiger partial charge in [-0.3, -0.25) is 4.79 Å². The van der Waals surface area contributed by atoms with Gasteiger partial charge in [0.15, 0.2) is 0 Å². The molecule has 2 N–H and O–H groups in total. The van der Waals surface area contributed by atoms with Gasteiger partial charge in [0.1, 0.15) is 5.82 Å². The van der Waals surface area contributed by atoms with E-state index in [1.54, 1.807) is 19.1 Å². The van der Waals surface area contributed by atoms with E-state index in [1.807, 2.05) is 38.5 Å². The highest BCUT2D eigenvalue weighted by atomic mass is 16.3. The Morgan fingerprint density at radius 3 is 2.76 bits per heavy atom. The zero-order valence-electron chi connectivity index (χ0n) is 13.3. The molecule has 1 aromatic carbocycles. The number of amides is 1. The summed E-state index contributed by atoms with van der Waals surface area (Å²) in [5.74, 6) is 0.783. The molecule has 0 aliphatic rings. The van der Waals surface area contributed by atoms with E-state index in [0.29, 0.717) is 5.56 Å². The zero-order valence-corrected chi connectivity index (χ0v) is 13.3. The molecular weight excluding hydrogens is 266 g/mol. The second kappa shape index (κ2) is 5.48. The average Bonchev–Trinajstić information content (AvgIpc) is 2.71. The van der Waals surface area contributed by atoms with E-state index >= 15 is 0 Å². The number of benzene rings is 1. The summed E-state index contributed by atoms with van der Waals surface area (Å²) in [5.41, 5.74) is 1.44. The van der Waals surface area contributed by atoms with Crippen LogP contribution in [-0.4, -0.2) is 32.7 Å². The predicted octanol–water partition coefficient (Wildman–Crippen LogP) is 2.02. The third kappa shape index (κ3) is 3.08. The van der Waals surface area contributed by atoms with Crippen molar-refractivity contribution in [2.75, 3.05) is 6.54 Å². The number of carbonyl (C=O) groups excluding carboxylic acids is 1. The highest BCUT2D eigenvalue weighted by Crippen LogP contribution is 2.17. The quantitative estimate of drug-likeness (QED) is 0.905. The average molecular weight is 289 g/mol. The lowest BCUT2D eigenvalue weighted by atomic mass is 9.92. The van der Waals surface area contributed by atoms with E-state index in [0.717, 1.165) is 16.9 Å². The van der Waals surface area contributed by atoms with Crippen LogP contribution >= 0.6 is 0 Å². The molecule has 0 fully saturated rings. The number of imidazole rings is 1. The van der Waals surface area contributed by atoms with Gasteiger partial charge in [0.05, 0.1) is 16.6 Å². The van der Waals surface area contributed by atoms with E-state index in [9.17, 15) is 9.90 Å². The number of hydrogen-bond donors (Lipinski definition) is 2. The molecule has 0 bridgehead atoms. The van der Waals surface area contributed by atoms with Gasteiger partial charge in [0.2, 0.25) is 0 Å². The molecule has 0 aliphatic carbocycles. The van der Waals surface area contributed by atoms with Crippen molar-refractivity contribution >= 4 is 16.9 Å². The number of hydrogen-bond acceptors (Lipinski definition) is 3. The topological polar surface area (TPSA) is 67.2 Å². The Morgan fingerprint density at radius 2 is 2.14 bits per heavy atom. The minimum absolute atomic E-state index is 0.0683. The summed E-state index contributed by atoms with van der Waals surface area (Å²) in [5, 5.41) is 13.0. The lowest BCUT2D eigenvalue weighted by molar-refractivity contribution is 0.0142. The van der Waals surface area contributed by atoms with Crippen molar-refractivity contribution in [2.24, 2.45) is 13.0 Å². The number of nitrogens with zero attached hydrogens (tertiary/aromatic N) is 2. The smallest absolute Gasteiger partial charge is 0.251 e. The van der Waals surface area contributed by atoms with Crippen LogP contribution in [0.25, 0.3) is 11.0 Å². The number of aliphatic hydroxyl groups is 1. The predicted molar refractivity (Wildman–Crippen MR) is 83.2 cm³/mol. The van der Waals surface area contributed by atoms with Crippen LogP contribution in [0.2, 0.25) is 0 Å². The fraction of sp³-hybridized carbons (Fsp3) is 0.500. The van der Waals surface area contributed by atoms with Gasteiger partial charge < -0.3 is 15.0 Å². The van der Waals surface area contributed by atoms with Crippen LogP contribution in [-0.2, 0) is 7.05 Å².